The third-order valence-corrected chi connectivity index (χ3v) is 9.04. The molecule has 0 bridgehead atoms. The van der Waals surface area contributed by atoms with E-state index in [1.54, 1.807) is 22.3 Å². The van der Waals surface area contributed by atoms with Crippen LogP contribution in [0.25, 0.3) is 0 Å². The lowest BCUT2D eigenvalue weighted by Gasteiger charge is -2.35. The molecule has 5 atom stereocenters. The van der Waals surface area contributed by atoms with E-state index in [9.17, 15) is 0 Å². The van der Waals surface area contributed by atoms with Crippen molar-refractivity contribution in [2.75, 3.05) is 0 Å². The van der Waals surface area contributed by atoms with Gasteiger partial charge in [-0.3, -0.25) is 4.48 Å². The van der Waals surface area contributed by atoms with Crippen LogP contribution >= 0.6 is 0 Å². The van der Waals surface area contributed by atoms with E-state index in [1.807, 2.05) is 0 Å². The Balaban J connectivity index is 1.55. The molecule has 4 heterocycles. The molecule has 2 aromatic carbocycles. The topological polar surface area (TPSA) is 0 Å². The molecule has 3 unspecified atom stereocenters. The molecular weight excluding hydrogens is 290 g/mol. The summed E-state index contributed by atoms with van der Waals surface area (Å²) < 4.78 is 1.35. The van der Waals surface area contributed by atoms with Gasteiger partial charge in [-0.05, 0) is 12.8 Å². The Morgan fingerprint density at radius 2 is 1.46 bits per heavy atom. The van der Waals surface area contributed by atoms with Gasteiger partial charge in [0.15, 0.2) is 16.6 Å². The maximum absolute atomic E-state index is 2.56. The van der Waals surface area contributed by atoms with Crippen LogP contribution in [-0.2, 0) is 16.6 Å². The highest BCUT2D eigenvalue weighted by Gasteiger charge is 3.15. The first kappa shape index (κ1) is 12.7. The fourth-order valence-corrected chi connectivity index (χ4v) is 8.29. The molecule has 24 heavy (non-hydrogen) atoms. The Morgan fingerprint density at radius 3 is 2.08 bits per heavy atom. The lowest BCUT2D eigenvalue weighted by Crippen LogP contribution is -2.45. The molecule has 0 N–H and O–H groups in total. The van der Waals surface area contributed by atoms with E-state index >= 15 is 0 Å². The van der Waals surface area contributed by atoms with Gasteiger partial charge in [0.25, 0.3) is 0 Å². The molecule has 2 aromatic rings. The molecule has 3 fully saturated rings. The van der Waals surface area contributed by atoms with Crippen LogP contribution in [0, 0.1) is 5.92 Å². The normalized spacial score (nSPS) is 48.2. The summed E-state index contributed by atoms with van der Waals surface area (Å²) in [7, 11) is 0. The zero-order valence-corrected chi connectivity index (χ0v) is 14.5. The number of nitrogens with zero attached hydrogens (tertiary/aromatic N) is 1. The minimum atomic E-state index is 0.191. The molecule has 1 spiro atoms. The van der Waals surface area contributed by atoms with Gasteiger partial charge in [0.1, 0.15) is 0 Å². The number of fused-ring (bicyclic) bond motifs is 8. The zero-order chi connectivity index (χ0) is 15.9. The fourth-order valence-electron chi connectivity index (χ4n) is 8.29. The van der Waals surface area contributed by atoms with Crippen molar-refractivity contribution in [3.63, 3.8) is 0 Å². The average molecular weight is 314 g/mol. The molecule has 0 amide bonds. The lowest BCUT2D eigenvalue weighted by molar-refractivity contribution is -0.833. The fraction of sp³-hybridized carbons (Fsp3) is 0.478. The second kappa shape index (κ2) is 3.24. The summed E-state index contributed by atoms with van der Waals surface area (Å²) in [4.78, 5) is 0. The standard InChI is InChI=1S/C23H24N/c1-21-16-10-3-4-11-17(16)22(2)20-23(24(20,21)22,14-15-8-7-9-15)19-13-6-5-12-18(19)21/h3-6,10-13,15,20H,7-9,14H2,1-2H3/q+1/t20?,21?,22-,23+,24?/m0/s1. The van der Waals surface area contributed by atoms with Crippen molar-refractivity contribution in [3.8, 4) is 0 Å². The first-order valence-corrected chi connectivity index (χ1v) is 9.74. The minimum Gasteiger partial charge on any atom is -0.270 e. The molecule has 120 valence electrons. The van der Waals surface area contributed by atoms with Crippen LogP contribution in [0.15, 0.2) is 48.5 Å². The van der Waals surface area contributed by atoms with Crippen LogP contribution in [0.3, 0.4) is 0 Å². The Hall–Kier alpha value is -1.60. The van der Waals surface area contributed by atoms with E-state index < -0.39 is 0 Å². The van der Waals surface area contributed by atoms with Gasteiger partial charge in [-0.15, -0.1) is 0 Å². The van der Waals surface area contributed by atoms with Gasteiger partial charge in [-0.1, -0.05) is 67.8 Å². The number of hydrogen-bond donors (Lipinski definition) is 0. The van der Waals surface area contributed by atoms with Crippen molar-refractivity contribution >= 4 is 0 Å². The molecule has 1 aliphatic carbocycles. The van der Waals surface area contributed by atoms with Gasteiger partial charge in [-0.25, -0.2) is 0 Å². The first-order valence-electron chi connectivity index (χ1n) is 9.74. The summed E-state index contributed by atoms with van der Waals surface area (Å²) in [6, 6.07) is 19.7. The van der Waals surface area contributed by atoms with Gasteiger partial charge in [0.05, 0.1) is 0 Å². The van der Waals surface area contributed by atoms with Crippen molar-refractivity contribution in [2.45, 2.75) is 62.2 Å². The number of rotatable bonds is 2. The van der Waals surface area contributed by atoms with Gasteiger partial charge in [0.2, 0.25) is 6.04 Å². The summed E-state index contributed by atoms with van der Waals surface area (Å²) >= 11 is 0. The second-order valence-corrected chi connectivity index (χ2v) is 9.36. The van der Waals surface area contributed by atoms with Crippen molar-refractivity contribution in [2.24, 2.45) is 5.92 Å². The average Bonchev–Trinajstić information content (AvgIpc) is 3.37. The van der Waals surface area contributed by atoms with Gasteiger partial charge >= 0.3 is 0 Å². The van der Waals surface area contributed by atoms with E-state index in [2.05, 4.69) is 62.4 Å². The molecule has 7 rings (SSSR count). The zero-order valence-electron chi connectivity index (χ0n) is 14.5. The Labute approximate surface area is 143 Å². The molecular formula is C23H24N+. The molecule has 1 nitrogen and oxygen atoms in total. The molecule has 1 saturated carbocycles. The van der Waals surface area contributed by atoms with Gasteiger partial charge in [-0.2, -0.15) is 0 Å². The highest BCUT2D eigenvalue weighted by Crippen LogP contribution is 2.97. The van der Waals surface area contributed by atoms with Crippen LogP contribution in [0.1, 0.15) is 61.8 Å². The molecule has 4 aliphatic heterocycles. The number of benzene rings is 2. The molecule has 2 saturated heterocycles. The predicted molar refractivity (Wildman–Crippen MR) is 94.4 cm³/mol. The minimum absolute atomic E-state index is 0.191. The van der Waals surface area contributed by atoms with Crippen LogP contribution < -0.4 is 0 Å². The third-order valence-electron chi connectivity index (χ3n) is 9.04. The quantitative estimate of drug-likeness (QED) is 0.552. The highest BCUT2D eigenvalue weighted by atomic mass is 15.8. The Bertz CT molecular complexity index is 943. The Morgan fingerprint density at radius 1 is 0.875 bits per heavy atom. The largest absolute Gasteiger partial charge is 0.270 e. The summed E-state index contributed by atoms with van der Waals surface area (Å²) in [5, 5.41) is 0. The summed E-state index contributed by atoms with van der Waals surface area (Å²) in [6.45, 7) is 5.12. The molecule has 0 aromatic heterocycles. The van der Waals surface area contributed by atoms with Crippen molar-refractivity contribution in [1.29, 1.82) is 0 Å². The smallest absolute Gasteiger partial charge is 0.211 e. The van der Waals surface area contributed by atoms with E-state index in [0.717, 1.165) is 12.0 Å². The van der Waals surface area contributed by atoms with Crippen molar-refractivity contribution in [1.82, 2.24) is 0 Å². The molecule has 5 aliphatic rings. The SMILES string of the molecule is CC12c3ccccc3[C@@]3(C)C4[C@@](CC5CCC5)(c5ccccc51)[N+]423. The number of hydrogen-bond acceptors (Lipinski definition) is 0. The first-order chi connectivity index (χ1) is 11.6. The number of quaternary nitrogens is 1. The second-order valence-electron chi connectivity index (χ2n) is 9.36. The Kier molecular flexibility index (Phi) is 1.72. The summed E-state index contributed by atoms with van der Waals surface area (Å²) in [5.74, 6) is 0.980. The van der Waals surface area contributed by atoms with E-state index in [4.69, 9.17) is 0 Å². The van der Waals surface area contributed by atoms with Crippen LogP contribution in [0.2, 0.25) is 0 Å². The monoisotopic (exact) mass is 314 g/mol. The predicted octanol–water partition coefficient (Wildman–Crippen LogP) is 4.79. The van der Waals surface area contributed by atoms with Crippen LogP contribution in [0.5, 0.6) is 0 Å². The van der Waals surface area contributed by atoms with E-state index in [-0.39, 0.29) is 5.54 Å². The molecule has 0 radical (unpaired) electrons. The molecule has 1 heteroatoms. The van der Waals surface area contributed by atoms with Gasteiger partial charge in [0, 0.05) is 35.6 Å². The van der Waals surface area contributed by atoms with Crippen molar-refractivity contribution in [3.05, 3.63) is 70.8 Å². The van der Waals surface area contributed by atoms with E-state index in [0.29, 0.717) is 11.1 Å². The highest BCUT2D eigenvalue weighted by molar-refractivity contribution is 5.66. The van der Waals surface area contributed by atoms with Gasteiger partial charge < -0.3 is 0 Å². The maximum Gasteiger partial charge on any atom is 0.211 e. The summed E-state index contributed by atoms with van der Waals surface area (Å²) in [6.07, 6.45) is 5.84. The van der Waals surface area contributed by atoms with Crippen molar-refractivity contribution < 1.29 is 4.48 Å². The van der Waals surface area contributed by atoms with E-state index in [1.165, 1.54) is 30.2 Å². The van der Waals surface area contributed by atoms with Crippen LogP contribution in [0.4, 0.5) is 0 Å². The maximum atomic E-state index is 2.56. The lowest BCUT2D eigenvalue weighted by atomic mass is 9.69. The summed E-state index contributed by atoms with van der Waals surface area (Å²) in [5.41, 5.74) is 7.63. The van der Waals surface area contributed by atoms with Crippen LogP contribution in [-0.4, -0.2) is 10.5 Å². The third kappa shape index (κ3) is 0.826.